The molecule has 1 aromatic carbocycles. The summed E-state index contributed by atoms with van der Waals surface area (Å²) in [5.41, 5.74) is 5.75. The zero-order valence-corrected chi connectivity index (χ0v) is 15.6. The second-order valence-electron chi connectivity index (χ2n) is 7.26. The maximum atomic E-state index is 5.97. The number of aromatic nitrogens is 3. The number of hydrogen-bond acceptors (Lipinski definition) is 4. The van der Waals surface area contributed by atoms with Crippen molar-refractivity contribution in [2.75, 3.05) is 6.54 Å². The number of aryl methyl sites for hydroxylation is 2. The Balaban J connectivity index is 1.62. The van der Waals surface area contributed by atoms with Crippen molar-refractivity contribution in [3.8, 4) is 0 Å². The molecule has 1 aliphatic rings. The Kier molecular flexibility index (Phi) is 3.83. The summed E-state index contributed by atoms with van der Waals surface area (Å²) < 4.78 is 5.97. The third kappa shape index (κ3) is 2.75. The summed E-state index contributed by atoms with van der Waals surface area (Å²) in [6.45, 7) is 5.82. The van der Waals surface area contributed by atoms with Crippen LogP contribution in [0.4, 0.5) is 0 Å². The number of benzene rings is 1. The summed E-state index contributed by atoms with van der Waals surface area (Å²) in [7, 11) is 0. The Labute approximate surface area is 158 Å². The molecule has 1 N–H and O–H groups in total. The topological polar surface area (TPSA) is 58.0 Å². The third-order valence-corrected chi connectivity index (χ3v) is 5.56. The van der Waals surface area contributed by atoms with Crippen molar-refractivity contribution >= 4 is 10.9 Å². The van der Waals surface area contributed by atoms with Gasteiger partial charge < -0.3 is 9.40 Å². The standard InChI is InChI=1S/C22H22N4O/c1-14-11-17(27-15(14)2)12-26-10-8-19-21(25-13-24-19)22(26)18-7-3-5-16-6-4-9-23-20(16)18/h3-7,9,11,13,22H,8,10,12H2,1-2H3,(H,24,25). The minimum Gasteiger partial charge on any atom is -0.465 e. The molecule has 0 aliphatic carbocycles. The average molecular weight is 358 g/mol. The number of nitrogens with zero attached hydrogens (tertiary/aromatic N) is 3. The van der Waals surface area contributed by atoms with E-state index >= 15 is 0 Å². The van der Waals surface area contributed by atoms with E-state index in [2.05, 4.69) is 57.1 Å². The largest absolute Gasteiger partial charge is 0.465 e. The molecule has 5 nitrogen and oxygen atoms in total. The summed E-state index contributed by atoms with van der Waals surface area (Å²) >= 11 is 0. The number of pyridine rings is 1. The molecule has 0 radical (unpaired) electrons. The lowest BCUT2D eigenvalue weighted by molar-refractivity contribution is 0.185. The van der Waals surface area contributed by atoms with Crippen LogP contribution in [-0.4, -0.2) is 26.4 Å². The molecule has 1 aliphatic heterocycles. The molecule has 27 heavy (non-hydrogen) atoms. The number of furan rings is 1. The second kappa shape index (κ2) is 6.35. The fourth-order valence-corrected chi connectivity index (χ4v) is 4.12. The number of imidazole rings is 1. The van der Waals surface area contributed by atoms with Crippen LogP contribution in [0.15, 0.2) is 53.3 Å². The van der Waals surface area contributed by atoms with Crippen LogP contribution < -0.4 is 0 Å². The highest BCUT2D eigenvalue weighted by molar-refractivity contribution is 5.82. The van der Waals surface area contributed by atoms with Crippen LogP contribution in [0.1, 0.15) is 40.1 Å². The minimum absolute atomic E-state index is 0.0595. The van der Waals surface area contributed by atoms with Gasteiger partial charge >= 0.3 is 0 Å². The molecule has 1 atom stereocenters. The zero-order chi connectivity index (χ0) is 18.4. The summed E-state index contributed by atoms with van der Waals surface area (Å²) in [6, 6.07) is 12.7. The number of H-pyrrole nitrogens is 1. The number of aromatic amines is 1. The van der Waals surface area contributed by atoms with Crippen molar-refractivity contribution in [3.63, 3.8) is 0 Å². The van der Waals surface area contributed by atoms with Crippen molar-refractivity contribution in [3.05, 3.63) is 83.0 Å². The number of fused-ring (bicyclic) bond motifs is 2. The highest BCUT2D eigenvalue weighted by atomic mass is 16.3. The minimum atomic E-state index is 0.0595. The Morgan fingerprint density at radius 1 is 1.19 bits per heavy atom. The van der Waals surface area contributed by atoms with Gasteiger partial charge in [-0.1, -0.05) is 24.3 Å². The molecular formula is C22H22N4O. The van der Waals surface area contributed by atoms with Gasteiger partial charge in [0.1, 0.15) is 11.5 Å². The normalized spacial score (nSPS) is 17.3. The summed E-state index contributed by atoms with van der Waals surface area (Å²) in [6.07, 6.45) is 4.63. The molecule has 0 bridgehead atoms. The van der Waals surface area contributed by atoms with Crippen LogP contribution in [0, 0.1) is 13.8 Å². The number of nitrogens with one attached hydrogen (secondary N) is 1. The first kappa shape index (κ1) is 16.3. The first-order valence-corrected chi connectivity index (χ1v) is 9.36. The first-order valence-electron chi connectivity index (χ1n) is 9.36. The predicted molar refractivity (Wildman–Crippen MR) is 104 cm³/mol. The summed E-state index contributed by atoms with van der Waals surface area (Å²) in [5, 5.41) is 1.15. The molecule has 0 fully saturated rings. The van der Waals surface area contributed by atoms with E-state index in [0.717, 1.165) is 47.6 Å². The fraction of sp³-hybridized carbons (Fsp3) is 0.273. The van der Waals surface area contributed by atoms with Crippen LogP contribution in [-0.2, 0) is 13.0 Å². The Morgan fingerprint density at radius 2 is 2.07 bits per heavy atom. The Bertz CT molecular complexity index is 1090. The molecule has 4 aromatic rings. The van der Waals surface area contributed by atoms with Crippen LogP contribution in [0.5, 0.6) is 0 Å². The van der Waals surface area contributed by atoms with Crippen molar-refractivity contribution in [2.24, 2.45) is 0 Å². The molecule has 5 rings (SSSR count). The molecule has 1 unspecified atom stereocenters. The van der Waals surface area contributed by atoms with E-state index in [1.165, 1.54) is 16.8 Å². The summed E-state index contributed by atoms with van der Waals surface area (Å²) in [4.78, 5) is 15.1. The molecule has 0 amide bonds. The molecule has 0 saturated carbocycles. The lowest BCUT2D eigenvalue weighted by atomic mass is 9.93. The monoisotopic (exact) mass is 358 g/mol. The number of rotatable bonds is 3. The van der Waals surface area contributed by atoms with Crippen LogP contribution in [0.3, 0.4) is 0 Å². The average Bonchev–Trinajstić information content (AvgIpc) is 3.28. The van der Waals surface area contributed by atoms with E-state index in [1.54, 1.807) is 6.33 Å². The number of para-hydroxylation sites is 1. The highest BCUT2D eigenvalue weighted by Gasteiger charge is 2.33. The van der Waals surface area contributed by atoms with Gasteiger partial charge in [0.25, 0.3) is 0 Å². The smallest absolute Gasteiger partial charge is 0.118 e. The maximum Gasteiger partial charge on any atom is 0.118 e. The SMILES string of the molecule is Cc1cc(CN2CCc3[nH]cnc3C2c2cccc3cccnc23)oc1C. The van der Waals surface area contributed by atoms with E-state index in [0.29, 0.717) is 0 Å². The van der Waals surface area contributed by atoms with E-state index in [4.69, 9.17) is 4.42 Å². The lowest BCUT2D eigenvalue weighted by Crippen LogP contribution is -2.36. The van der Waals surface area contributed by atoms with Crippen LogP contribution in [0.2, 0.25) is 0 Å². The zero-order valence-electron chi connectivity index (χ0n) is 15.6. The van der Waals surface area contributed by atoms with Gasteiger partial charge in [-0.25, -0.2) is 4.98 Å². The summed E-state index contributed by atoms with van der Waals surface area (Å²) in [5.74, 6) is 1.99. The second-order valence-corrected chi connectivity index (χ2v) is 7.26. The first-order chi connectivity index (χ1) is 13.2. The third-order valence-electron chi connectivity index (χ3n) is 5.56. The molecular weight excluding hydrogens is 336 g/mol. The molecule has 0 saturated heterocycles. The van der Waals surface area contributed by atoms with Crippen LogP contribution >= 0.6 is 0 Å². The van der Waals surface area contributed by atoms with Gasteiger partial charge in [0.2, 0.25) is 0 Å². The molecule has 4 heterocycles. The quantitative estimate of drug-likeness (QED) is 0.593. The number of hydrogen-bond donors (Lipinski definition) is 1. The lowest BCUT2D eigenvalue weighted by Gasteiger charge is -2.35. The van der Waals surface area contributed by atoms with Crippen molar-refractivity contribution in [1.82, 2.24) is 19.9 Å². The van der Waals surface area contributed by atoms with E-state index in [9.17, 15) is 0 Å². The molecule has 0 spiro atoms. The highest BCUT2D eigenvalue weighted by Crippen LogP contribution is 2.37. The molecule has 5 heteroatoms. The van der Waals surface area contributed by atoms with Crippen molar-refractivity contribution in [2.45, 2.75) is 32.9 Å². The molecule has 3 aromatic heterocycles. The van der Waals surface area contributed by atoms with Gasteiger partial charge in [-0.05, 0) is 31.5 Å². The predicted octanol–water partition coefficient (Wildman–Crippen LogP) is 4.32. The van der Waals surface area contributed by atoms with Gasteiger partial charge in [-0.2, -0.15) is 0 Å². The van der Waals surface area contributed by atoms with Gasteiger partial charge in [-0.15, -0.1) is 0 Å². The van der Waals surface area contributed by atoms with Crippen molar-refractivity contribution in [1.29, 1.82) is 0 Å². The maximum absolute atomic E-state index is 5.97. The van der Waals surface area contributed by atoms with Gasteiger partial charge in [0.05, 0.1) is 30.1 Å². The van der Waals surface area contributed by atoms with Gasteiger partial charge in [0.15, 0.2) is 0 Å². The Hall–Kier alpha value is -2.92. The van der Waals surface area contributed by atoms with Crippen LogP contribution in [0.25, 0.3) is 10.9 Å². The Morgan fingerprint density at radius 3 is 2.93 bits per heavy atom. The van der Waals surface area contributed by atoms with E-state index in [1.807, 2.05) is 19.2 Å². The van der Waals surface area contributed by atoms with Gasteiger partial charge in [0, 0.05) is 35.8 Å². The fourth-order valence-electron chi connectivity index (χ4n) is 4.12. The van der Waals surface area contributed by atoms with E-state index in [-0.39, 0.29) is 6.04 Å². The van der Waals surface area contributed by atoms with Gasteiger partial charge in [-0.3, -0.25) is 9.88 Å². The molecule has 136 valence electrons. The van der Waals surface area contributed by atoms with Crippen molar-refractivity contribution < 1.29 is 4.42 Å². The van der Waals surface area contributed by atoms with E-state index < -0.39 is 0 Å².